The molecule has 0 unspecified atom stereocenters. The van der Waals surface area contributed by atoms with Gasteiger partial charge in [-0.15, -0.1) is 0 Å². The van der Waals surface area contributed by atoms with E-state index >= 15 is 0 Å². The second-order valence-corrected chi connectivity index (χ2v) is 37.2. The van der Waals surface area contributed by atoms with E-state index in [1.165, 1.54) is 104 Å². The molecule has 0 radical (unpaired) electrons. The van der Waals surface area contributed by atoms with Gasteiger partial charge in [-0.2, -0.15) is 0 Å². The number of hydrogen-bond donors (Lipinski definition) is 1. The molecule has 6 aromatic rings. The molecule has 0 atom stereocenters. The number of rotatable bonds is 1. The largest absolute Gasteiger partial charge is 0.519 e. The average Bonchev–Trinajstić information content (AvgIpc) is 1.65. The summed E-state index contributed by atoms with van der Waals surface area (Å²) < 4.78 is 48.7. The third-order valence-corrected chi connectivity index (χ3v) is 21.3. The van der Waals surface area contributed by atoms with Gasteiger partial charge in [0, 0.05) is 173 Å². The summed E-state index contributed by atoms with van der Waals surface area (Å²) in [5, 5.41) is 3.33. The number of halogens is 7. The van der Waals surface area contributed by atoms with Crippen LogP contribution in [0.2, 0.25) is 0 Å². The summed E-state index contributed by atoms with van der Waals surface area (Å²) in [4.78, 5) is 103. The molecule has 4 aromatic carbocycles. The summed E-state index contributed by atoms with van der Waals surface area (Å²) in [7, 11) is 0. The molecule has 0 aliphatic carbocycles. The van der Waals surface area contributed by atoms with Gasteiger partial charge in [-0.3, -0.25) is 14.4 Å². The number of piperidine rings is 2. The number of anilines is 2. The zero-order valence-corrected chi connectivity index (χ0v) is 75.6. The highest BCUT2D eigenvalue weighted by atomic mass is 79.9. The van der Waals surface area contributed by atoms with Gasteiger partial charge < -0.3 is 77.2 Å². The van der Waals surface area contributed by atoms with Gasteiger partial charge in [-0.1, -0.05) is 71.1 Å². The number of amides is 5. The Hall–Kier alpha value is -6.37. The average molecular weight is 1900 g/mol. The summed E-state index contributed by atoms with van der Waals surface area (Å²) in [5.41, 5.74) is 10.9. The van der Waals surface area contributed by atoms with Crippen LogP contribution in [-0.2, 0) is 90.1 Å². The molecule has 11 heterocycles. The number of nitrogens with zero attached hydrogens (tertiary/aromatic N) is 9. The van der Waals surface area contributed by atoms with Crippen LogP contribution in [0.4, 0.5) is 40.1 Å². The lowest BCUT2D eigenvalue weighted by Gasteiger charge is -2.32. The molecular formula is C83H115Br4Cl3N10O14. The number of carbonyl (C=O) groups excluding carboxylic acids is 8. The van der Waals surface area contributed by atoms with E-state index in [1.54, 1.807) is 51.3 Å². The number of hydrogen-bond acceptors (Lipinski definition) is 17. The molecule has 3 saturated heterocycles. The minimum Gasteiger partial charge on any atom is -0.444 e. The molecule has 1 N–H and O–H groups in total. The van der Waals surface area contributed by atoms with E-state index in [-0.39, 0.29) is 31.0 Å². The second kappa shape index (κ2) is 43.4. The van der Waals surface area contributed by atoms with E-state index < -0.39 is 45.2 Å². The van der Waals surface area contributed by atoms with Gasteiger partial charge in [0.1, 0.15) is 22.4 Å². The van der Waals surface area contributed by atoms with Crippen LogP contribution in [0.15, 0.2) is 90.9 Å². The summed E-state index contributed by atoms with van der Waals surface area (Å²) in [6.07, 6.45) is 13.5. The van der Waals surface area contributed by atoms with Crippen LogP contribution in [0, 0.1) is 0 Å². The third kappa shape index (κ3) is 29.9. The van der Waals surface area contributed by atoms with Crippen molar-refractivity contribution < 1.29 is 69.7 Å². The van der Waals surface area contributed by atoms with Crippen molar-refractivity contribution in [2.24, 2.45) is 0 Å². The molecule has 5 amide bonds. The summed E-state index contributed by atoms with van der Waals surface area (Å²) >= 11 is 28.5. The Labute approximate surface area is 723 Å². The molecule has 31 heteroatoms. The highest BCUT2D eigenvalue weighted by Gasteiger charge is 2.33. The molecule has 0 bridgehead atoms. The van der Waals surface area contributed by atoms with Crippen molar-refractivity contribution in [1.82, 2.24) is 39.0 Å². The van der Waals surface area contributed by atoms with E-state index in [9.17, 15) is 38.4 Å². The van der Waals surface area contributed by atoms with Crippen LogP contribution in [-0.4, -0.2) is 194 Å². The molecule has 3 fully saturated rings. The van der Waals surface area contributed by atoms with Gasteiger partial charge in [-0.25, -0.2) is 24.0 Å². The van der Waals surface area contributed by atoms with Crippen molar-refractivity contribution in [3.63, 3.8) is 0 Å². The molecule has 24 nitrogen and oxygen atoms in total. The molecule has 114 heavy (non-hydrogen) atoms. The molecule has 0 saturated carbocycles. The molecular weight excluding hydrogens is 1790 g/mol. The monoisotopic (exact) mass is 1900 g/mol. The fourth-order valence-corrected chi connectivity index (χ4v) is 16.4. The van der Waals surface area contributed by atoms with Crippen LogP contribution >= 0.6 is 98.5 Å². The highest BCUT2D eigenvalue weighted by Crippen LogP contribution is 2.39. The number of carbonyl (C=O) groups is 8. The first kappa shape index (κ1) is 93.1. The van der Waals surface area contributed by atoms with Crippen molar-refractivity contribution in [3.05, 3.63) is 124 Å². The van der Waals surface area contributed by atoms with Gasteiger partial charge in [0.05, 0.1) is 24.1 Å². The van der Waals surface area contributed by atoms with Crippen LogP contribution < -0.4 is 15.1 Å². The van der Waals surface area contributed by atoms with Crippen LogP contribution in [0.25, 0.3) is 21.8 Å². The number of likely N-dealkylation sites (tertiary alicyclic amines) is 2. The maximum Gasteiger partial charge on any atom is 0.519 e. The minimum atomic E-state index is -1.14. The van der Waals surface area contributed by atoms with Crippen molar-refractivity contribution in [3.8, 4) is 0 Å². The Balaban J connectivity index is 0.000000212. The number of nitrogens with one attached hydrogen (secondary N) is 1. The number of aromatic nitrogens is 2. The van der Waals surface area contributed by atoms with Crippen molar-refractivity contribution in [1.29, 1.82) is 0 Å². The first-order chi connectivity index (χ1) is 54.2. The van der Waals surface area contributed by atoms with Crippen molar-refractivity contribution in [2.45, 2.75) is 216 Å². The van der Waals surface area contributed by atoms with E-state index in [1.807, 2.05) is 56.2 Å². The van der Waals surface area contributed by atoms with Gasteiger partial charge in [-0.05, 0) is 276 Å². The lowest BCUT2D eigenvalue weighted by atomic mass is 10.1. The van der Waals surface area contributed by atoms with Gasteiger partial charge in [0.2, 0.25) is 0 Å². The second-order valence-electron chi connectivity index (χ2n) is 32.6. The highest BCUT2D eigenvalue weighted by molar-refractivity contribution is 9.11. The quantitative estimate of drug-likeness (QED) is 0.0402. The number of benzene rings is 4. The van der Waals surface area contributed by atoms with Gasteiger partial charge in [0.15, 0.2) is 0 Å². The van der Waals surface area contributed by atoms with Crippen LogP contribution in [0.1, 0.15) is 178 Å². The predicted octanol–water partition coefficient (Wildman–Crippen LogP) is 20.4. The Morgan fingerprint density at radius 3 is 1.22 bits per heavy atom. The number of ether oxygens (including phenoxy) is 6. The maximum atomic E-state index is 12.8. The first-order valence-electron chi connectivity index (χ1n) is 39.6. The first-order valence-corrected chi connectivity index (χ1v) is 42.9. The van der Waals surface area contributed by atoms with E-state index in [0.29, 0.717) is 32.7 Å². The van der Waals surface area contributed by atoms with Gasteiger partial charge >= 0.3 is 46.4 Å². The van der Waals surface area contributed by atoms with E-state index in [0.717, 1.165) is 143 Å². The Bertz CT molecular complexity index is 4280. The SMILES string of the molecule is Brc1cc2c3c(c1)CNCCN3CC2.C.C1CCOC1.CC(C)(C)OC(=O)N1CCN2CCc3cc(Br)cc(c32)C1.CC(C)(C)OC(=O)N1CCn2ccc3cc(Br)cc(c32)C1.CC(C)(C)OC(=O)OC(=O)OC(C)(C)C.O=C(Cl)C(=O)Cl.O=C(Cl)N1CCCCC1.O=C(N1CCCCC1)N1CCn2ccc3cc(Br)cc(c32)C1.[2H][2H]. The lowest BCUT2D eigenvalue weighted by molar-refractivity contribution is -0.127. The topological polar surface area (TPSA) is 237 Å². The summed E-state index contributed by atoms with van der Waals surface area (Å²) in [6.45, 7) is 39.0. The Morgan fingerprint density at radius 2 is 0.798 bits per heavy atom. The fraction of sp³-hybridized carbons (Fsp3) is 0.566. The van der Waals surface area contributed by atoms with Gasteiger partial charge in [0.25, 0.3) is 0 Å². The smallest absolute Gasteiger partial charge is 0.444 e. The van der Waals surface area contributed by atoms with Crippen molar-refractivity contribution in [2.75, 3.05) is 102 Å². The molecule has 9 aliphatic rings. The van der Waals surface area contributed by atoms with E-state index in [2.05, 4.69) is 189 Å². The zero-order chi connectivity index (χ0) is 84.7. The molecule has 2 aromatic heterocycles. The lowest BCUT2D eigenvalue weighted by Crippen LogP contribution is -2.45. The van der Waals surface area contributed by atoms with Crippen LogP contribution in [0.5, 0.6) is 0 Å². The zero-order valence-electron chi connectivity index (χ0n) is 69.0. The molecule has 15 rings (SSSR count). The minimum absolute atomic E-state index is 0. The predicted molar refractivity (Wildman–Crippen MR) is 466 cm³/mol. The molecule has 9 aliphatic heterocycles. The van der Waals surface area contributed by atoms with Crippen LogP contribution in [0.3, 0.4) is 0 Å². The third-order valence-electron chi connectivity index (χ3n) is 18.8. The number of urea groups is 1. The van der Waals surface area contributed by atoms with Crippen molar-refractivity contribution >= 4 is 178 Å². The summed E-state index contributed by atoms with van der Waals surface area (Å²) in [6, 6.07) is 21.8. The summed E-state index contributed by atoms with van der Waals surface area (Å²) in [5.74, 6) is 0. The fourth-order valence-electron chi connectivity index (χ4n) is 14.1. The molecule has 630 valence electrons. The normalized spacial score (nSPS) is 16.6. The Morgan fingerprint density at radius 1 is 0.421 bits per heavy atom. The maximum absolute atomic E-state index is 12.8. The molecule has 0 spiro atoms. The van der Waals surface area contributed by atoms with E-state index in [4.69, 9.17) is 38.3 Å². The standard InChI is InChI=1S/C17H20BrN3O.C16H21BrN2O2.C16H19BrN2O2.C11H13BrN2.C10H18O5.C6H10ClNO.C4H8O.C2Cl2O2.CH4.H2/c18-15-10-13-4-7-19-8-9-21(12-14(11-15)16(13)19)17(22)20-5-2-1-3-6-20;2*1-16(2,3)21-15(20)19-7-6-18-5-4-11-8-13(17)9-12(10-19)14(11)18;12-10-5-8-1-3-14-4-2-13-7-9(6-10)11(8)14;1-9(2,3)14-7(11)13-8(12)15-10(4,5)6;7-6(9)8-4-2-1-3-5-8;1-2-4-5-3-1;3-1(5)2(4)6;;/h4,7,10-11H,1-3,5-6,8-9,12H2;8-9H,4-7,10H2,1-3H3;4-5,8-9H,6-7,10H2,1-3H3;5-6,13H,1-4,7H2;1-6H3;1-5H2;1-4H2;;1H4;1H/i;;;;;;;;;1+1D. The Kier molecular flexibility index (Phi) is 35.4.